The number of carbonyl (C=O) groups is 1. The van der Waals surface area contributed by atoms with Crippen molar-refractivity contribution in [3.63, 3.8) is 0 Å². The van der Waals surface area contributed by atoms with Crippen molar-refractivity contribution in [3.05, 3.63) is 48.0 Å². The van der Waals surface area contributed by atoms with Gasteiger partial charge in [0.1, 0.15) is 6.10 Å². The summed E-state index contributed by atoms with van der Waals surface area (Å²) in [6.07, 6.45) is 15.2. The number of hydrogen-bond donors (Lipinski definition) is 0. The van der Waals surface area contributed by atoms with Crippen molar-refractivity contribution in [3.8, 4) is 0 Å². The van der Waals surface area contributed by atoms with Gasteiger partial charge in [-0.2, -0.15) is 0 Å². The summed E-state index contributed by atoms with van der Waals surface area (Å²) in [4.78, 5) is 12.5. The van der Waals surface area contributed by atoms with E-state index in [0.29, 0.717) is 16.4 Å². The Balaban J connectivity index is 1.28. The van der Waals surface area contributed by atoms with Crippen molar-refractivity contribution in [1.82, 2.24) is 0 Å². The third-order valence-corrected chi connectivity index (χ3v) is 9.23. The molecule has 3 saturated carbocycles. The lowest BCUT2D eigenvalue weighted by molar-refractivity contribution is -0.118. The van der Waals surface area contributed by atoms with Crippen LogP contribution in [0, 0.1) is 34.5 Å². The number of hydrogen-bond acceptors (Lipinski definition) is 2. The minimum absolute atomic E-state index is 0.101. The predicted molar refractivity (Wildman–Crippen MR) is 112 cm³/mol. The van der Waals surface area contributed by atoms with Gasteiger partial charge in [0.2, 0.25) is 0 Å². The summed E-state index contributed by atoms with van der Waals surface area (Å²) in [6.45, 7) is 5.08. The molecule has 7 atom stereocenters. The van der Waals surface area contributed by atoms with E-state index in [9.17, 15) is 4.79 Å². The molecule has 5 rings (SSSR count). The summed E-state index contributed by atoms with van der Waals surface area (Å²) in [7, 11) is 0. The van der Waals surface area contributed by atoms with E-state index in [4.69, 9.17) is 4.74 Å². The molecule has 0 N–H and O–H groups in total. The van der Waals surface area contributed by atoms with Crippen LogP contribution in [0.5, 0.6) is 0 Å². The first-order chi connectivity index (χ1) is 13.5. The zero-order valence-electron chi connectivity index (χ0n) is 17.4. The molecule has 4 aliphatic carbocycles. The first-order valence-electron chi connectivity index (χ1n) is 11.4. The number of carbonyl (C=O) groups excluding carboxylic acids is 1. The van der Waals surface area contributed by atoms with Crippen LogP contribution in [0.15, 0.2) is 42.5 Å². The Morgan fingerprint density at radius 1 is 1.00 bits per heavy atom. The highest BCUT2D eigenvalue weighted by atomic mass is 16.5. The Morgan fingerprint density at radius 3 is 2.64 bits per heavy atom. The molecule has 0 saturated heterocycles. The zero-order valence-corrected chi connectivity index (χ0v) is 17.4. The molecule has 4 aliphatic rings. The van der Waals surface area contributed by atoms with E-state index in [0.717, 1.165) is 36.5 Å². The monoisotopic (exact) mass is 378 g/mol. The van der Waals surface area contributed by atoms with Crippen LogP contribution >= 0.6 is 0 Å². The highest BCUT2D eigenvalue weighted by molar-refractivity contribution is 5.89. The summed E-state index contributed by atoms with van der Waals surface area (Å²) >= 11 is 0. The van der Waals surface area contributed by atoms with E-state index in [1.165, 1.54) is 38.5 Å². The van der Waals surface area contributed by atoms with E-state index in [2.05, 4.69) is 26.0 Å². The van der Waals surface area contributed by atoms with Crippen LogP contribution in [-0.4, -0.2) is 12.1 Å². The molecule has 0 bridgehead atoms. The van der Waals surface area contributed by atoms with E-state index in [-0.39, 0.29) is 12.1 Å². The van der Waals surface area contributed by atoms with E-state index in [1.54, 1.807) is 0 Å². The van der Waals surface area contributed by atoms with Crippen LogP contribution in [-0.2, 0) is 4.74 Å². The number of benzene rings is 1. The Morgan fingerprint density at radius 2 is 1.82 bits per heavy atom. The van der Waals surface area contributed by atoms with Gasteiger partial charge < -0.3 is 4.74 Å². The van der Waals surface area contributed by atoms with Crippen LogP contribution in [0.4, 0.5) is 0 Å². The zero-order chi connectivity index (χ0) is 19.4. The maximum Gasteiger partial charge on any atom is 0.338 e. The van der Waals surface area contributed by atoms with Crippen LogP contribution in [0.25, 0.3) is 0 Å². The number of rotatable bonds is 2. The number of ether oxygens (including phenoxy) is 1. The molecular formula is C26H34O2. The van der Waals surface area contributed by atoms with Gasteiger partial charge in [-0.05, 0) is 98.0 Å². The maximum atomic E-state index is 12.5. The lowest BCUT2D eigenvalue weighted by atomic mass is 9.45. The van der Waals surface area contributed by atoms with Gasteiger partial charge in [0.15, 0.2) is 0 Å². The Kier molecular flexibility index (Phi) is 4.45. The first-order valence-corrected chi connectivity index (χ1v) is 11.4. The third kappa shape index (κ3) is 2.86. The highest BCUT2D eigenvalue weighted by Crippen LogP contribution is 2.65. The highest BCUT2D eigenvalue weighted by Gasteiger charge is 2.57. The second-order valence-electron chi connectivity index (χ2n) is 10.5. The fourth-order valence-corrected chi connectivity index (χ4v) is 7.60. The Bertz CT molecular complexity index is 768. The van der Waals surface area contributed by atoms with Crippen molar-refractivity contribution in [1.29, 1.82) is 0 Å². The van der Waals surface area contributed by atoms with Gasteiger partial charge in [-0.1, -0.05) is 44.2 Å². The van der Waals surface area contributed by atoms with Gasteiger partial charge >= 0.3 is 5.97 Å². The molecule has 2 nitrogen and oxygen atoms in total. The molecule has 0 heterocycles. The molecule has 3 fully saturated rings. The normalized spacial score (nSPS) is 44.3. The van der Waals surface area contributed by atoms with Gasteiger partial charge in [0.05, 0.1) is 5.56 Å². The molecule has 150 valence electrons. The second kappa shape index (κ2) is 6.75. The number of esters is 1. The van der Waals surface area contributed by atoms with Crippen molar-refractivity contribution in [2.45, 2.75) is 71.3 Å². The minimum atomic E-state index is -0.145. The minimum Gasteiger partial charge on any atom is -0.459 e. The number of allylic oxidation sites excluding steroid dienone is 2. The molecule has 0 amide bonds. The quantitative estimate of drug-likeness (QED) is 0.438. The molecule has 2 unspecified atom stereocenters. The molecular weight excluding hydrogens is 344 g/mol. The average molecular weight is 379 g/mol. The number of fused-ring (bicyclic) bond motifs is 5. The molecule has 0 aromatic heterocycles. The smallest absolute Gasteiger partial charge is 0.338 e. The fourth-order valence-electron chi connectivity index (χ4n) is 7.60. The summed E-state index contributed by atoms with van der Waals surface area (Å²) in [5.41, 5.74) is 1.59. The molecule has 0 spiro atoms. The van der Waals surface area contributed by atoms with Crippen molar-refractivity contribution in [2.75, 3.05) is 0 Å². The van der Waals surface area contributed by atoms with Gasteiger partial charge in [-0.15, -0.1) is 0 Å². The molecule has 2 heteroatoms. The van der Waals surface area contributed by atoms with E-state index >= 15 is 0 Å². The van der Waals surface area contributed by atoms with E-state index < -0.39 is 0 Å². The maximum absolute atomic E-state index is 12.5. The largest absolute Gasteiger partial charge is 0.459 e. The summed E-state index contributed by atoms with van der Waals surface area (Å²) in [5.74, 6) is 3.22. The van der Waals surface area contributed by atoms with Gasteiger partial charge in [-0.25, -0.2) is 4.79 Å². The molecule has 1 aromatic carbocycles. The predicted octanol–water partition coefficient (Wildman–Crippen LogP) is 6.42. The van der Waals surface area contributed by atoms with Crippen LogP contribution in [0.2, 0.25) is 0 Å². The van der Waals surface area contributed by atoms with E-state index in [1.807, 2.05) is 30.3 Å². The van der Waals surface area contributed by atoms with Gasteiger partial charge in [0, 0.05) is 0 Å². The third-order valence-electron chi connectivity index (χ3n) is 9.23. The summed E-state index contributed by atoms with van der Waals surface area (Å²) in [6, 6.07) is 9.47. The standard InChI is InChI=1S/C26H34O2/c1-25-14-6-9-22(25)21-11-10-19-17-20(12-16-26(19,2)23(21)13-15-25)28-24(27)18-7-4-3-5-8-18/h3-8,14,19-23H,9-13,15-17H2,1-2H3/t19?,20?,21-,22-,23-,25-,26-/m0/s1. The van der Waals surface area contributed by atoms with Crippen molar-refractivity contribution < 1.29 is 9.53 Å². The van der Waals surface area contributed by atoms with Crippen molar-refractivity contribution in [2.24, 2.45) is 34.5 Å². The van der Waals surface area contributed by atoms with Crippen molar-refractivity contribution >= 4 is 5.97 Å². The molecule has 28 heavy (non-hydrogen) atoms. The Hall–Kier alpha value is -1.57. The molecule has 0 aliphatic heterocycles. The van der Waals surface area contributed by atoms with Gasteiger partial charge in [0.25, 0.3) is 0 Å². The second-order valence-corrected chi connectivity index (χ2v) is 10.5. The first kappa shape index (κ1) is 18.5. The molecule has 1 aromatic rings. The SMILES string of the molecule is C[C@@]12C=CC[C@H]1[C@@H]1CCC3CC(OC(=O)c4ccccc4)CC[C@]3(C)[C@H]1CC2. The van der Waals surface area contributed by atoms with Crippen LogP contribution < -0.4 is 0 Å². The Labute approximate surface area is 169 Å². The fraction of sp³-hybridized carbons (Fsp3) is 0.654. The van der Waals surface area contributed by atoms with Gasteiger partial charge in [-0.3, -0.25) is 0 Å². The average Bonchev–Trinajstić information content (AvgIpc) is 3.11. The van der Waals surface area contributed by atoms with Crippen LogP contribution in [0.3, 0.4) is 0 Å². The topological polar surface area (TPSA) is 26.3 Å². The molecule has 0 radical (unpaired) electrons. The van der Waals surface area contributed by atoms with Crippen LogP contribution in [0.1, 0.15) is 75.6 Å². The lowest BCUT2D eigenvalue weighted by Gasteiger charge is -2.60. The lowest BCUT2D eigenvalue weighted by Crippen LogP contribution is -2.53. The summed E-state index contributed by atoms with van der Waals surface area (Å²) in [5, 5.41) is 0. The summed E-state index contributed by atoms with van der Waals surface area (Å²) < 4.78 is 5.94.